The van der Waals surface area contributed by atoms with E-state index in [1.54, 1.807) is 6.33 Å². The van der Waals surface area contributed by atoms with Crippen molar-refractivity contribution in [1.29, 1.82) is 0 Å². The highest BCUT2D eigenvalue weighted by Crippen LogP contribution is 2.23. The summed E-state index contributed by atoms with van der Waals surface area (Å²) in [6, 6.07) is 2.62. The predicted molar refractivity (Wildman–Crippen MR) is 70.4 cm³/mol. The second-order valence-corrected chi connectivity index (χ2v) is 5.76. The van der Waals surface area contributed by atoms with E-state index in [2.05, 4.69) is 53.9 Å². The summed E-state index contributed by atoms with van der Waals surface area (Å²) in [5, 5.41) is 3.39. The summed E-state index contributed by atoms with van der Waals surface area (Å²) in [5.41, 5.74) is 1.18. The average Bonchev–Trinajstić information content (AvgIpc) is 2.29. The molecular weight excluding hydrogens is 212 g/mol. The summed E-state index contributed by atoms with van der Waals surface area (Å²) in [5.74, 6) is 1.05. The van der Waals surface area contributed by atoms with E-state index in [0.717, 1.165) is 31.1 Å². The zero-order valence-corrected chi connectivity index (χ0v) is 11.2. The molecule has 1 aliphatic heterocycles. The van der Waals surface area contributed by atoms with Crippen molar-refractivity contribution in [2.75, 3.05) is 24.5 Å². The lowest BCUT2D eigenvalue weighted by Gasteiger charge is -2.35. The SMILES string of the molecule is C[C@H]1CNCCN1c1cc(C(C)(C)C)ncn1. The van der Waals surface area contributed by atoms with Gasteiger partial charge in [0.25, 0.3) is 0 Å². The maximum Gasteiger partial charge on any atom is 0.132 e. The Labute approximate surface area is 103 Å². The summed E-state index contributed by atoms with van der Waals surface area (Å²) < 4.78 is 0. The van der Waals surface area contributed by atoms with Gasteiger partial charge in [0, 0.05) is 37.2 Å². The molecule has 1 fully saturated rings. The second kappa shape index (κ2) is 4.61. The molecule has 1 atom stereocenters. The number of anilines is 1. The first-order valence-electron chi connectivity index (χ1n) is 6.28. The van der Waals surface area contributed by atoms with Gasteiger partial charge in [0.05, 0.1) is 5.69 Å². The molecular formula is C13H22N4. The van der Waals surface area contributed by atoms with Gasteiger partial charge in [-0.3, -0.25) is 0 Å². The molecule has 2 heterocycles. The van der Waals surface area contributed by atoms with Gasteiger partial charge in [0.15, 0.2) is 0 Å². The summed E-state index contributed by atoms with van der Waals surface area (Å²) in [4.78, 5) is 11.1. The second-order valence-electron chi connectivity index (χ2n) is 5.76. The molecule has 0 unspecified atom stereocenters. The molecule has 4 nitrogen and oxygen atoms in total. The van der Waals surface area contributed by atoms with Crippen molar-refractivity contribution in [3.63, 3.8) is 0 Å². The fourth-order valence-corrected chi connectivity index (χ4v) is 2.10. The van der Waals surface area contributed by atoms with Gasteiger partial charge in [0.2, 0.25) is 0 Å². The van der Waals surface area contributed by atoms with Crippen LogP contribution < -0.4 is 10.2 Å². The molecule has 4 heteroatoms. The molecule has 94 valence electrons. The Morgan fingerprint density at radius 3 is 2.76 bits per heavy atom. The Balaban J connectivity index is 2.26. The molecule has 0 saturated carbocycles. The van der Waals surface area contributed by atoms with Gasteiger partial charge in [0.1, 0.15) is 12.1 Å². The largest absolute Gasteiger partial charge is 0.351 e. The van der Waals surface area contributed by atoms with Crippen LogP contribution in [0.3, 0.4) is 0 Å². The first-order valence-corrected chi connectivity index (χ1v) is 6.28. The van der Waals surface area contributed by atoms with E-state index in [9.17, 15) is 0 Å². The van der Waals surface area contributed by atoms with Gasteiger partial charge in [-0.1, -0.05) is 20.8 Å². The summed E-state index contributed by atoms with van der Waals surface area (Å²) in [6.07, 6.45) is 1.69. The van der Waals surface area contributed by atoms with Crippen LogP contribution in [0.4, 0.5) is 5.82 Å². The monoisotopic (exact) mass is 234 g/mol. The summed E-state index contributed by atoms with van der Waals surface area (Å²) in [6.45, 7) is 11.8. The zero-order valence-electron chi connectivity index (χ0n) is 11.2. The number of hydrogen-bond acceptors (Lipinski definition) is 4. The Kier molecular flexibility index (Phi) is 3.33. The molecule has 1 N–H and O–H groups in total. The Morgan fingerprint density at radius 2 is 2.12 bits per heavy atom. The predicted octanol–water partition coefficient (Wildman–Crippen LogP) is 1.57. The first-order chi connectivity index (χ1) is 7.98. The standard InChI is InChI=1S/C13H22N4/c1-10-8-14-5-6-17(10)12-7-11(13(2,3)4)15-9-16-12/h7,9-10,14H,5-6,8H2,1-4H3/t10-/m0/s1. The topological polar surface area (TPSA) is 41.0 Å². The van der Waals surface area contributed by atoms with E-state index >= 15 is 0 Å². The molecule has 2 rings (SSSR count). The van der Waals surface area contributed by atoms with Crippen LogP contribution in [-0.2, 0) is 5.41 Å². The zero-order chi connectivity index (χ0) is 12.5. The minimum atomic E-state index is 0.0783. The third-order valence-corrected chi connectivity index (χ3v) is 3.22. The number of aromatic nitrogens is 2. The fourth-order valence-electron chi connectivity index (χ4n) is 2.10. The third-order valence-electron chi connectivity index (χ3n) is 3.22. The van der Waals surface area contributed by atoms with Gasteiger partial charge >= 0.3 is 0 Å². The van der Waals surface area contributed by atoms with Crippen molar-refractivity contribution in [3.8, 4) is 0 Å². The van der Waals surface area contributed by atoms with Gasteiger partial charge in [-0.2, -0.15) is 0 Å². The molecule has 1 saturated heterocycles. The van der Waals surface area contributed by atoms with E-state index in [4.69, 9.17) is 0 Å². The maximum atomic E-state index is 4.41. The molecule has 0 bridgehead atoms. The van der Waals surface area contributed by atoms with E-state index in [1.165, 1.54) is 0 Å². The van der Waals surface area contributed by atoms with Gasteiger partial charge < -0.3 is 10.2 Å². The maximum absolute atomic E-state index is 4.41. The van der Waals surface area contributed by atoms with Crippen LogP contribution >= 0.6 is 0 Å². The molecule has 0 aromatic carbocycles. The van der Waals surface area contributed by atoms with Gasteiger partial charge in [-0.25, -0.2) is 9.97 Å². The molecule has 0 amide bonds. The van der Waals surface area contributed by atoms with Gasteiger partial charge in [-0.15, -0.1) is 0 Å². The lowest BCUT2D eigenvalue weighted by Crippen LogP contribution is -2.50. The highest BCUT2D eigenvalue weighted by Gasteiger charge is 2.22. The highest BCUT2D eigenvalue weighted by molar-refractivity contribution is 5.42. The van der Waals surface area contributed by atoms with E-state index in [1.807, 2.05) is 0 Å². The summed E-state index contributed by atoms with van der Waals surface area (Å²) >= 11 is 0. The fraction of sp³-hybridized carbons (Fsp3) is 0.692. The smallest absolute Gasteiger partial charge is 0.132 e. The lowest BCUT2D eigenvalue weighted by molar-refractivity contribution is 0.495. The van der Waals surface area contributed by atoms with Gasteiger partial charge in [-0.05, 0) is 6.92 Å². The first kappa shape index (κ1) is 12.3. The van der Waals surface area contributed by atoms with E-state index < -0.39 is 0 Å². The van der Waals surface area contributed by atoms with E-state index in [-0.39, 0.29) is 5.41 Å². The minimum Gasteiger partial charge on any atom is -0.351 e. The van der Waals surface area contributed by atoms with Crippen molar-refractivity contribution >= 4 is 5.82 Å². The molecule has 0 spiro atoms. The van der Waals surface area contributed by atoms with Crippen molar-refractivity contribution in [2.45, 2.75) is 39.2 Å². The molecule has 1 aliphatic rings. The number of nitrogens with zero attached hydrogens (tertiary/aromatic N) is 3. The van der Waals surface area contributed by atoms with E-state index in [0.29, 0.717) is 6.04 Å². The van der Waals surface area contributed by atoms with Crippen LogP contribution in [0.15, 0.2) is 12.4 Å². The molecule has 0 aliphatic carbocycles. The van der Waals surface area contributed by atoms with Crippen molar-refractivity contribution in [1.82, 2.24) is 15.3 Å². The Hall–Kier alpha value is -1.16. The van der Waals surface area contributed by atoms with Crippen LogP contribution in [0.2, 0.25) is 0 Å². The number of piperazine rings is 1. The number of hydrogen-bond donors (Lipinski definition) is 1. The number of nitrogens with one attached hydrogen (secondary N) is 1. The summed E-state index contributed by atoms with van der Waals surface area (Å²) in [7, 11) is 0. The minimum absolute atomic E-state index is 0.0783. The molecule has 1 aromatic heterocycles. The number of rotatable bonds is 1. The molecule has 17 heavy (non-hydrogen) atoms. The highest BCUT2D eigenvalue weighted by atomic mass is 15.3. The van der Waals surface area contributed by atoms with Crippen molar-refractivity contribution in [3.05, 3.63) is 18.1 Å². The molecule has 0 radical (unpaired) electrons. The average molecular weight is 234 g/mol. The lowest BCUT2D eigenvalue weighted by atomic mass is 9.92. The van der Waals surface area contributed by atoms with Crippen LogP contribution in [0, 0.1) is 0 Å². The van der Waals surface area contributed by atoms with Crippen molar-refractivity contribution in [2.24, 2.45) is 0 Å². The van der Waals surface area contributed by atoms with Crippen LogP contribution in [0.1, 0.15) is 33.4 Å². The third kappa shape index (κ3) is 2.75. The molecule has 1 aromatic rings. The Bertz CT molecular complexity index is 383. The quantitative estimate of drug-likeness (QED) is 0.801. The normalized spacial score (nSPS) is 21.6. The van der Waals surface area contributed by atoms with Crippen LogP contribution in [-0.4, -0.2) is 35.6 Å². The Morgan fingerprint density at radius 1 is 1.35 bits per heavy atom. The van der Waals surface area contributed by atoms with Crippen molar-refractivity contribution < 1.29 is 0 Å². The van der Waals surface area contributed by atoms with Crippen LogP contribution in [0.5, 0.6) is 0 Å². The van der Waals surface area contributed by atoms with Crippen LogP contribution in [0.25, 0.3) is 0 Å².